The van der Waals surface area contributed by atoms with Crippen LogP contribution in [0, 0.1) is 15.9 Å². The van der Waals surface area contributed by atoms with E-state index in [0.717, 1.165) is 6.07 Å². The van der Waals surface area contributed by atoms with Crippen LogP contribution in [0.4, 0.5) is 15.8 Å². The number of nitro groups is 1. The summed E-state index contributed by atoms with van der Waals surface area (Å²) in [5, 5.41) is 13.9. The molecule has 0 heterocycles. The summed E-state index contributed by atoms with van der Waals surface area (Å²) in [7, 11) is 0. The van der Waals surface area contributed by atoms with Gasteiger partial charge < -0.3 is 5.73 Å². The third-order valence-corrected chi connectivity index (χ3v) is 2.11. The number of nitrogen functional groups attached to an aromatic ring is 1. The Morgan fingerprint density at radius 1 is 1.61 bits per heavy atom. The van der Waals surface area contributed by atoms with Crippen molar-refractivity contribution >= 4 is 17.5 Å². The van der Waals surface area contributed by atoms with Crippen LogP contribution in [0.3, 0.4) is 0 Å². The molecule has 8 heteroatoms. The van der Waals surface area contributed by atoms with E-state index < -0.39 is 10.7 Å². The number of hydrogen-bond donors (Lipinski definition) is 1. The molecule has 0 saturated carbocycles. The molecule has 7 nitrogen and oxygen atoms in total. The summed E-state index contributed by atoms with van der Waals surface area (Å²) >= 11 is 0. The van der Waals surface area contributed by atoms with Crippen LogP contribution in [0.5, 0.6) is 0 Å². The van der Waals surface area contributed by atoms with Crippen molar-refractivity contribution < 1.29 is 9.31 Å². The fraction of sp³-hybridized carbons (Fsp3) is 0.200. The number of non-ortho nitro benzene ring substituents is 1. The second kappa shape index (κ2) is 6.21. The van der Waals surface area contributed by atoms with E-state index in [0.29, 0.717) is 6.42 Å². The first-order valence-corrected chi connectivity index (χ1v) is 4.97. The molecule has 0 aliphatic rings. The van der Waals surface area contributed by atoms with Crippen LogP contribution in [0.1, 0.15) is 12.0 Å². The summed E-state index contributed by atoms with van der Waals surface area (Å²) < 4.78 is 13.3. The van der Waals surface area contributed by atoms with Crippen molar-refractivity contribution in [3.8, 4) is 0 Å². The molecule has 1 aromatic carbocycles. The van der Waals surface area contributed by atoms with Crippen molar-refractivity contribution in [3.63, 3.8) is 0 Å². The Balaban J connectivity index is 2.93. The van der Waals surface area contributed by atoms with Crippen molar-refractivity contribution in [2.24, 2.45) is 5.11 Å². The van der Waals surface area contributed by atoms with E-state index in [1.165, 1.54) is 12.1 Å². The van der Waals surface area contributed by atoms with Gasteiger partial charge in [-0.2, -0.15) is 0 Å². The molecule has 94 valence electrons. The first-order chi connectivity index (χ1) is 8.56. The molecule has 2 N–H and O–H groups in total. The van der Waals surface area contributed by atoms with E-state index in [2.05, 4.69) is 10.0 Å². The van der Waals surface area contributed by atoms with E-state index in [4.69, 9.17) is 11.3 Å². The lowest BCUT2D eigenvalue weighted by Crippen LogP contribution is -1.97. The number of nitrogens with two attached hydrogens (primary N) is 1. The van der Waals surface area contributed by atoms with Crippen LogP contribution in [-0.4, -0.2) is 11.5 Å². The van der Waals surface area contributed by atoms with Gasteiger partial charge in [0.05, 0.1) is 16.7 Å². The molecule has 0 bridgehead atoms. The number of halogens is 1. The smallest absolute Gasteiger partial charge is 0.273 e. The molecule has 0 atom stereocenters. The van der Waals surface area contributed by atoms with Crippen LogP contribution in [0.2, 0.25) is 0 Å². The van der Waals surface area contributed by atoms with E-state index in [-0.39, 0.29) is 23.5 Å². The predicted octanol–water partition coefficient (Wildman–Crippen LogP) is 3.03. The van der Waals surface area contributed by atoms with Gasteiger partial charge in [-0.3, -0.25) is 10.1 Å². The van der Waals surface area contributed by atoms with Gasteiger partial charge in [0, 0.05) is 23.1 Å². The van der Waals surface area contributed by atoms with E-state index >= 15 is 0 Å². The highest BCUT2D eigenvalue weighted by molar-refractivity contribution is 5.67. The Hall–Kier alpha value is -2.60. The normalized spacial score (nSPS) is 10.3. The summed E-state index contributed by atoms with van der Waals surface area (Å²) in [6, 6.07) is 1.95. The van der Waals surface area contributed by atoms with Crippen LogP contribution in [0.15, 0.2) is 23.3 Å². The zero-order valence-electron chi connectivity index (χ0n) is 9.28. The standard InChI is InChI=1S/C10H10FN5O2/c11-9-6-8(16(17)18)5-7(10(9)12)3-1-2-4-14-15-13/h1,3,5-6H,2,4,12H2. The topological polar surface area (TPSA) is 118 Å². The molecule has 0 unspecified atom stereocenters. The second-order valence-corrected chi connectivity index (χ2v) is 3.33. The van der Waals surface area contributed by atoms with Crippen molar-refractivity contribution in [1.82, 2.24) is 0 Å². The molecule has 1 rings (SSSR count). The van der Waals surface area contributed by atoms with Gasteiger partial charge in [0.1, 0.15) is 0 Å². The van der Waals surface area contributed by atoms with Crippen LogP contribution >= 0.6 is 0 Å². The summed E-state index contributed by atoms with van der Waals surface area (Å²) in [5.41, 5.74) is 13.2. The molecule has 0 radical (unpaired) electrons. The van der Waals surface area contributed by atoms with Gasteiger partial charge in [-0.15, -0.1) is 0 Å². The molecule has 1 aromatic rings. The molecule has 18 heavy (non-hydrogen) atoms. The van der Waals surface area contributed by atoms with E-state index in [1.54, 1.807) is 6.08 Å². The molecule has 0 amide bonds. The largest absolute Gasteiger partial charge is 0.396 e. The highest BCUT2D eigenvalue weighted by Gasteiger charge is 2.12. The fourth-order valence-electron chi connectivity index (χ4n) is 1.25. The number of azide groups is 1. The zero-order chi connectivity index (χ0) is 13.5. The molecule has 0 saturated heterocycles. The summed E-state index contributed by atoms with van der Waals surface area (Å²) in [6.07, 6.45) is 3.50. The van der Waals surface area contributed by atoms with Crippen LogP contribution < -0.4 is 5.73 Å². The molecular weight excluding hydrogens is 241 g/mol. The number of rotatable bonds is 5. The van der Waals surface area contributed by atoms with Gasteiger partial charge in [-0.05, 0) is 12.0 Å². The van der Waals surface area contributed by atoms with Gasteiger partial charge in [0.25, 0.3) is 5.69 Å². The average molecular weight is 251 g/mol. The van der Waals surface area contributed by atoms with Gasteiger partial charge >= 0.3 is 0 Å². The van der Waals surface area contributed by atoms with Crippen LogP contribution in [-0.2, 0) is 0 Å². The minimum atomic E-state index is -0.834. The van der Waals surface area contributed by atoms with E-state index in [9.17, 15) is 14.5 Å². The maximum absolute atomic E-state index is 13.3. The lowest BCUT2D eigenvalue weighted by atomic mass is 10.1. The zero-order valence-corrected chi connectivity index (χ0v) is 9.28. The van der Waals surface area contributed by atoms with Crippen LogP contribution in [0.25, 0.3) is 16.5 Å². The number of anilines is 1. The van der Waals surface area contributed by atoms with Gasteiger partial charge in [-0.1, -0.05) is 17.3 Å². The number of nitrogens with zero attached hydrogens (tertiary/aromatic N) is 4. The highest BCUT2D eigenvalue weighted by atomic mass is 19.1. The molecule has 0 aliphatic heterocycles. The van der Waals surface area contributed by atoms with Crippen molar-refractivity contribution in [3.05, 3.63) is 50.1 Å². The molecule has 0 spiro atoms. The van der Waals surface area contributed by atoms with Crippen molar-refractivity contribution in [2.45, 2.75) is 6.42 Å². The van der Waals surface area contributed by atoms with Crippen molar-refractivity contribution in [1.29, 1.82) is 0 Å². The maximum Gasteiger partial charge on any atom is 0.273 e. The third-order valence-electron chi connectivity index (χ3n) is 2.11. The monoisotopic (exact) mass is 251 g/mol. The number of benzene rings is 1. The molecular formula is C10H10FN5O2. The first kappa shape index (κ1) is 13.5. The Labute approximate surface area is 101 Å². The maximum atomic E-state index is 13.3. The Kier molecular flexibility index (Phi) is 4.65. The fourth-order valence-corrected chi connectivity index (χ4v) is 1.25. The Morgan fingerprint density at radius 3 is 2.94 bits per heavy atom. The molecule has 0 fully saturated rings. The van der Waals surface area contributed by atoms with Gasteiger partial charge in [-0.25, -0.2) is 4.39 Å². The van der Waals surface area contributed by atoms with Gasteiger partial charge in [0.2, 0.25) is 0 Å². The lowest BCUT2D eigenvalue weighted by molar-refractivity contribution is -0.385. The quantitative estimate of drug-likeness (QED) is 0.165. The average Bonchev–Trinajstić information content (AvgIpc) is 2.33. The minimum Gasteiger partial charge on any atom is -0.396 e. The summed E-state index contributed by atoms with van der Waals surface area (Å²) in [5.74, 6) is -0.834. The first-order valence-electron chi connectivity index (χ1n) is 4.97. The summed E-state index contributed by atoms with van der Waals surface area (Å²) in [6.45, 7) is 0.254. The number of nitro benzene ring substituents is 1. The third kappa shape index (κ3) is 3.46. The predicted molar refractivity (Wildman–Crippen MR) is 65.1 cm³/mol. The Bertz CT molecular complexity index is 537. The van der Waals surface area contributed by atoms with Gasteiger partial charge in [0.15, 0.2) is 5.82 Å². The molecule has 0 aromatic heterocycles. The van der Waals surface area contributed by atoms with Crippen molar-refractivity contribution in [2.75, 3.05) is 12.3 Å². The lowest BCUT2D eigenvalue weighted by Gasteiger charge is -2.02. The molecule has 0 aliphatic carbocycles. The highest BCUT2D eigenvalue weighted by Crippen LogP contribution is 2.24. The SMILES string of the molecule is [N-]=[N+]=NCCC=Cc1cc([N+](=O)[O-])cc(F)c1N. The second-order valence-electron chi connectivity index (χ2n) is 3.33. The summed E-state index contributed by atoms with van der Waals surface area (Å²) in [4.78, 5) is 12.4. The Morgan fingerprint density at radius 2 is 2.33 bits per heavy atom. The van der Waals surface area contributed by atoms with E-state index in [1.807, 2.05) is 0 Å². The minimum absolute atomic E-state index is 0.152. The number of hydrogen-bond acceptors (Lipinski definition) is 4.